The number of benzene rings is 1. The van der Waals surface area contributed by atoms with Crippen LogP contribution in [0.5, 0.6) is 0 Å². The van der Waals surface area contributed by atoms with Gasteiger partial charge in [0.15, 0.2) is 0 Å². The maximum Gasteiger partial charge on any atom is 0.128 e. The molecule has 3 unspecified atom stereocenters. The van der Waals surface area contributed by atoms with Crippen molar-refractivity contribution in [1.82, 2.24) is 0 Å². The SMILES string of the molecule is CC1(C)C2CCC3(CON=C3c3ccc(Cl)cc3)C1C2. The lowest BCUT2D eigenvalue weighted by Crippen LogP contribution is -2.60. The third kappa shape index (κ3) is 1.49. The van der Waals surface area contributed by atoms with Gasteiger partial charge in [0.25, 0.3) is 0 Å². The highest BCUT2D eigenvalue weighted by Crippen LogP contribution is 2.67. The Labute approximate surface area is 125 Å². The Hall–Kier alpha value is -1.02. The predicted octanol–water partition coefficient (Wildman–Crippen LogP) is 4.52. The predicted molar refractivity (Wildman–Crippen MR) is 81.0 cm³/mol. The van der Waals surface area contributed by atoms with Crippen LogP contribution in [0.2, 0.25) is 5.02 Å². The molecule has 3 atom stereocenters. The van der Waals surface area contributed by atoms with Gasteiger partial charge in [-0.05, 0) is 48.6 Å². The van der Waals surface area contributed by atoms with Gasteiger partial charge in [-0.25, -0.2) is 0 Å². The van der Waals surface area contributed by atoms with Crippen LogP contribution >= 0.6 is 11.6 Å². The Bertz CT molecular complexity index is 575. The lowest BCUT2D eigenvalue weighted by molar-refractivity contribution is -0.139. The average Bonchev–Trinajstić information content (AvgIpc) is 2.82. The molecule has 1 spiro atoms. The van der Waals surface area contributed by atoms with E-state index in [2.05, 4.69) is 31.1 Å². The first-order chi connectivity index (χ1) is 9.54. The number of halogens is 1. The van der Waals surface area contributed by atoms with Crippen molar-refractivity contribution >= 4 is 17.3 Å². The minimum absolute atomic E-state index is 0.131. The first kappa shape index (κ1) is 12.7. The molecule has 2 bridgehead atoms. The number of oxime groups is 1. The molecule has 1 aromatic rings. The summed E-state index contributed by atoms with van der Waals surface area (Å²) in [6.45, 7) is 5.60. The van der Waals surface area contributed by atoms with Crippen molar-refractivity contribution in [2.24, 2.45) is 27.8 Å². The fraction of sp³-hybridized carbons (Fsp3) is 0.588. The normalized spacial score (nSPS) is 37.2. The quantitative estimate of drug-likeness (QED) is 0.745. The maximum atomic E-state index is 6.01. The molecule has 0 saturated heterocycles. The monoisotopic (exact) mass is 289 g/mol. The van der Waals surface area contributed by atoms with Crippen molar-refractivity contribution in [2.75, 3.05) is 6.61 Å². The Morgan fingerprint density at radius 3 is 2.65 bits per heavy atom. The number of rotatable bonds is 1. The first-order valence-electron chi connectivity index (χ1n) is 7.50. The van der Waals surface area contributed by atoms with E-state index in [4.69, 9.17) is 16.4 Å². The first-order valence-corrected chi connectivity index (χ1v) is 7.88. The molecule has 0 aromatic heterocycles. The van der Waals surface area contributed by atoms with Gasteiger partial charge in [-0.2, -0.15) is 0 Å². The molecule has 1 aromatic carbocycles. The highest BCUT2D eigenvalue weighted by Gasteiger charge is 2.64. The maximum absolute atomic E-state index is 6.01. The van der Waals surface area contributed by atoms with Crippen molar-refractivity contribution in [1.29, 1.82) is 0 Å². The highest BCUT2D eigenvalue weighted by atomic mass is 35.5. The van der Waals surface area contributed by atoms with Crippen LogP contribution in [-0.4, -0.2) is 12.3 Å². The van der Waals surface area contributed by atoms with Gasteiger partial charge >= 0.3 is 0 Å². The van der Waals surface area contributed by atoms with Crippen LogP contribution in [0, 0.1) is 22.7 Å². The van der Waals surface area contributed by atoms with Crippen molar-refractivity contribution < 1.29 is 4.84 Å². The Morgan fingerprint density at radius 2 is 2.00 bits per heavy atom. The van der Waals surface area contributed by atoms with Crippen LogP contribution in [0.15, 0.2) is 29.4 Å². The Morgan fingerprint density at radius 1 is 1.25 bits per heavy atom. The topological polar surface area (TPSA) is 21.6 Å². The zero-order chi connectivity index (χ0) is 14.0. The van der Waals surface area contributed by atoms with Crippen LogP contribution in [0.25, 0.3) is 0 Å². The summed E-state index contributed by atoms with van der Waals surface area (Å²) in [4.78, 5) is 5.58. The van der Waals surface area contributed by atoms with Gasteiger partial charge in [0.2, 0.25) is 0 Å². The Kier molecular flexibility index (Phi) is 2.54. The molecule has 4 aliphatic rings. The standard InChI is InChI=1S/C17H20ClNO/c1-16(2)12-7-8-17(14(16)9-12)10-20-19-15(17)11-3-5-13(18)6-4-11/h3-6,12,14H,7-10H2,1-2H3. The van der Waals surface area contributed by atoms with Crippen LogP contribution in [-0.2, 0) is 4.84 Å². The van der Waals surface area contributed by atoms with E-state index < -0.39 is 0 Å². The van der Waals surface area contributed by atoms with E-state index in [9.17, 15) is 0 Å². The molecule has 106 valence electrons. The van der Waals surface area contributed by atoms with Gasteiger partial charge < -0.3 is 4.84 Å². The molecule has 0 N–H and O–H groups in total. The second-order valence-electron chi connectivity index (χ2n) is 7.22. The molecule has 3 heteroatoms. The number of nitrogens with zero attached hydrogens (tertiary/aromatic N) is 1. The number of fused-ring (bicyclic) bond motifs is 1. The van der Waals surface area contributed by atoms with E-state index in [1.54, 1.807) is 0 Å². The molecular formula is C17H20ClNO. The second-order valence-corrected chi connectivity index (χ2v) is 7.66. The molecular weight excluding hydrogens is 270 g/mol. The van der Waals surface area contributed by atoms with Gasteiger partial charge in [0.05, 0.1) is 11.1 Å². The molecule has 0 radical (unpaired) electrons. The van der Waals surface area contributed by atoms with Crippen molar-refractivity contribution in [3.05, 3.63) is 34.9 Å². The summed E-state index contributed by atoms with van der Waals surface area (Å²) < 4.78 is 0. The lowest BCUT2D eigenvalue weighted by Gasteiger charge is -2.63. The van der Waals surface area contributed by atoms with E-state index in [0.29, 0.717) is 11.3 Å². The number of hydrogen-bond acceptors (Lipinski definition) is 2. The van der Waals surface area contributed by atoms with Gasteiger partial charge in [-0.15, -0.1) is 0 Å². The van der Waals surface area contributed by atoms with E-state index in [1.807, 2.05) is 12.1 Å². The van der Waals surface area contributed by atoms with E-state index in [1.165, 1.54) is 24.8 Å². The van der Waals surface area contributed by atoms with E-state index in [-0.39, 0.29) is 5.41 Å². The average molecular weight is 290 g/mol. The largest absolute Gasteiger partial charge is 0.395 e. The number of hydrogen-bond donors (Lipinski definition) is 0. The summed E-state index contributed by atoms with van der Waals surface area (Å²) >= 11 is 6.01. The summed E-state index contributed by atoms with van der Waals surface area (Å²) in [5.74, 6) is 1.59. The van der Waals surface area contributed by atoms with Crippen LogP contribution in [0.1, 0.15) is 38.7 Å². The zero-order valence-corrected chi connectivity index (χ0v) is 12.8. The van der Waals surface area contributed by atoms with Crippen LogP contribution in [0.3, 0.4) is 0 Å². The molecule has 0 amide bonds. The van der Waals surface area contributed by atoms with Gasteiger partial charge in [0.1, 0.15) is 6.61 Å². The van der Waals surface area contributed by atoms with Gasteiger partial charge in [-0.3, -0.25) is 0 Å². The summed E-state index contributed by atoms with van der Waals surface area (Å²) in [5.41, 5.74) is 2.89. The third-order valence-electron chi connectivity index (χ3n) is 6.14. The molecule has 3 saturated carbocycles. The molecule has 2 nitrogen and oxygen atoms in total. The van der Waals surface area contributed by atoms with Crippen molar-refractivity contribution in [2.45, 2.75) is 33.1 Å². The van der Waals surface area contributed by atoms with Crippen molar-refractivity contribution in [3.8, 4) is 0 Å². The van der Waals surface area contributed by atoms with Crippen LogP contribution in [0.4, 0.5) is 0 Å². The minimum Gasteiger partial charge on any atom is -0.395 e. The molecule has 20 heavy (non-hydrogen) atoms. The highest BCUT2D eigenvalue weighted by molar-refractivity contribution is 6.30. The fourth-order valence-electron chi connectivity index (χ4n) is 4.83. The minimum atomic E-state index is 0.131. The molecule has 3 fully saturated rings. The molecule has 1 aliphatic heterocycles. The summed E-state index contributed by atoms with van der Waals surface area (Å²) in [5, 5.41) is 5.20. The van der Waals surface area contributed by atoms with Gasteiger partial charge in [0, 0.05) is 10.6 Å². The summed E-state index contributed by atoms with van der Waals surface area (Å²) in [6, 6.07) is 8.05. The molecule has 5 rings (SSSR count). The smallest absolute Gasteiger partial charge is 0.128 e. The van der Waals surface area contributed by atoms with E-state index >= 15 is 0 Å². The second kappa shape index (κ2) is 4.00. The Balaban J connectivity index is 1.75. The van der Waals surface area contributed by atoms with E-state index in [0.717, 1.165) is 23.3 Å². The third-order valence-corrected chi connectivity index (χ3v) is 6.40. The van der Waals surface area contributed by atoms with Gasteiger partial charge in [-0.1, -0.05) is 42.7 Å². The molecule has 1 heterocycles. The summed E-state index contributed by atoms with van der Waals surface area (Å²) in [7, 11) is 0. The zero-order valence-electron chi connectivity index (χ0n) is 12.0. The van der Waals surface area contributed by atoms with Crippen molar-refractivity contribution in [3.63, 3.8) is 0 Å². The summed E-state index contributed by atoms with van der Waals surface area (Å²) in [6.07, 6.45) is 3.86. The van der Waals surface area contributed by atoms with Crippen LogP contribution < -0.4 is 0 Å². The molecule has 3 aliphatic carbocycles. The fourth-order valence-corrected chi connectivity index (χ4v) is 4.95. The lowest BCUT2D eigenvalue weighted by atomic mass is 9.40.